The van der Waals surface area contributed by atoms with Crippen LogP contribution in [0, 0.1) is 0 Å². The Balaban J connectivity index is 1.79. The van der Waals surface area contributed by atoms with Crippen LogP contribution in [0.25, 0.3) is 0 Å². The smallest absolute Gasteiger partial charge is 0.280 e. The third kappa shape index (κ3) is 2.56. The second-order valence-corrected chi connectivity index (χ2v) is 6.17. The van der Waals surface area contributed by atoms with Crippen molar-refractivity contribution in [2.24, 2.45) is 0 Å². The second-order valence-electron chi connectivity index (χ2n) is 4.47. The van der Waals surface area contributed by atoms with Crippen LogP contribution in [0.4, 0.5) is 0 Å². The lowest BCUT2D eigenvalue weighted by Gasteiger charge is -2.12. The number of benzene rings is 1. The largest absolute Gasteiger partial charge is 0.468 e. The van der Waals surface area contributed by atoms with Crippen molar-refractivity contribution in [3.8, 4) is 0 Å². The molecule has 1 N–H and O–H groups in total. The van der Waals surface area contributed by atoms with Crippen molar-refractivity contribution in [1.29, 1.82) is 0 Å². The van der Waals surface area contributed by atoms with Gasteiger partial charge in [0.2, 0.25) is 0 Å². The minimum absolute atomic E-state index is 0.316. The topological polar surface area (TPSA) is 62.6 Å². The highest BCUT2D eigenvalue weighted by Gasteiger charge is 2.37. The fourth-order valence-corrected chi connectivity index (χ4v) is 3.53. The first-order chi connectivity index (χ1) is 9.15. The van der Waals surface area contributed by atoms with Crippen LogP contribution in [-0.2, 0) is 16.8 Å². The van der Waals surface area contributed by atoms with E-state index in [1.807, 2.05) is 30.3 Å². The lowest BCUT2D eigenvalue weighted by molar-refractivity contribution is 0.393. The molecule has 2 aromatic rings. The Morgan fingerprint density at radius 1 is 1.21 bits per heavy atom. The summed E-state index contributed by atoms with van der Waals surface area (Å²) in [6.07, 6.45) is 1.55. The van der Waals surface area contributed by atoms with Gasteiger partial charge in [-0.25, -0.2) is 0 Å². The molecule has 0 saturated carbocycles. The number of nitrogens with one attached hydrogen (secondary N) is 1. The van der Waals surface area contributed by atoms with Crippen molar-refractivity contribution >= 4 is 10.2 Å². The zero-order valence-electron chi connectivity index (χ0n) is 10.2. The average Bonchev–Trinajstić information content (AvgIpc) is 2.99. The average molecular weight is 278 g/mol. The monoisotopic (exact) mass is 278 g/mol. The minimum atomic E-state index is -3.44. The molecule has 19 heavy (non-hydrogen) atoms. The zero-order chi connectivity index (χ0) is 13.3. The SMILES string of the molecule is O=S1(=O)NC(c2ccco2)CN1Cc1ccccc1. The first-order valence-electron chi connectivity index (χ1n) is 6.00. The van der Waals surface area contributed by atoms with Crippen molar-refractivity contribution < 1.29 is 12.8 Å². The highest BCUT2D eigenvalue weighted by molar-refractivity contribution is 7.87. The van der Waals surface area contributed by atoms with Gasteiger partial charge in [0.25, 0.3) is 10.2 Å². The molecule has 0 bridgehead atoms. The summed E-state index contributed by atoms with van der Waals surface area (Å²) in [5.74, 6) is 0.638. The number of rotatable bonds is 3. The van der Waals surface area contributed by atoms with Crippen LogP contribution < -0.4 is 4.72 Å². The summed E-state index contributed by atoms with van der Waals surface area (Å²) in [6.45, 7) is 0.748. The maximum Gasteiger partial charge on any atom is 0.280 e. The Morgan fingerprint density at radius 2 is 2.00 bits per heavy atom. The molecule has 1 atom stereocenters. The van der Waals surface area contributed by atoms with E-state index in [1.165, 1.54) is 4.31 Å². The standard InChI is InChI=1S/C13H14N2O3S/c16-19(17)14-12(13-7-4-8-18-13)10-15(19)9-11-5-2-1-3-6-11/h1-8,12,14H,9-10H2. The van der Waals surface area contributed by atoms with Gasteiger partial charge in [-0.3, -0.25) is 0 Å². The quantitative estimate of drug-likeness (QED) is 0.929. The molecule has 5 nitrogen and oxygen atoms in total. The van der Waals surface area contributed by atoms with Crippen LogP contribution in [0.1, 0.15) is 17.4 Å². The second kappa shape index (κ2) is 4.80. The summed E-state index contributed by atoms with van der Waals surface area (Å²) in [6, 6.07) is 12.7. The lowest BCUT2D eigenvalue weighted by atomic mass is 10.2. The van der Waals surface area contributed by atoms with Gasteiger partial charge in [0.05, 0.1) is 12.3 Å². The molecule has 2 heterocycles. The molecule has 1 fully saturated rings. The maximum absolute atomic E-state index is 12.0. The molecule has 3 rings (SSSR count). The Labute approximate surface area is 112 Å². The van der Waals surface area contributed by atoms with E-state index in [0.29, 0.717) is 18.8 Å². The van der Waals surface area contributed by atoms with Gasteiger partial charge >= 0.3 is 0 Å². The van der Waals surface area contributed by atoms with Gasteiger partial charge in [0, 0.05) is 13.1 Å². The molecular weight excluding hydrogens is 264 g/mol. The van der Waals surface area contributed by atoms with Crippen molar-refractivity contribution in [1.82, 2.24) is 9.03 Å². The summed E-state index contributed by atoms with van der Waals surface area (Å²) >= 11 is 0. The van der Waals surface area contributed by atoms with E-state index >= 15 is 0 Å². The predicted molar refractivity (Wildman–Crippen MR) is 70.4 cm³/mol. The normalized spacial score (nSPS) is 22.6. The summed E-state index contributed by atoms with van der Waals surface area (Å²) in [4.78, 5) is 0. The van der Waals surface area contributed by atoms with Crippen LogP contribution in [0.3, 0.4) is 0 Å². The Hall–Kier alpha value is -1.63. The Kier molecular flexibility index (Phi) is 3.14. The van der Waals surface area contributed by atoms with Crippen LogP contribution >= 0.6 is 0 Å². The van der Waals surface area contributed by atoms with Gasteiger partial charge in [-0.1, -0.05) is 30.3 Å². The van der Waals surface area contributed by atoms with E-state index in [2.05, 4.69) is 4.72 Å². The maximum atomic E-state index is 12.0. The van der Waals surface area contributed by atoms with Gasteiger partial charge in [-0.15, -0.1) is 0 Å². The summed E-state index contributed by atoms with van der Waals surface area (Å²) in [5, 5.41) is 0. The molecule has 0 radical (unpaired) electrons. The van der Waals surface area contributed by atoms with Gasteiger partial charge in [0.1, 0.15) is 5.76 Å². The number of nitrogens with zero attached hydrogens (tertiary/aromatic N) is 1. The number of hydrogen-bond acceptors (Lipinski definition) is 3. The zero-order valence-corrected chi connectivity index (χ0v) is 11.0. The Bertz CT molecular complexity index is 638. The first-order valence-corrected chi connectivity index (χ1v) is 7.44. The lowest BCUT2D eigenvalue weighted by Crippen LogP contribution is -2.29. The molecule has 1 aromatic heterocycles. The first kappa shape index (κ1) is 12.4. The third-order valence-electron chi connectivity index (χ3n) is 3.11. The molecule has 1 unspecified atom stereocenters. The van der Waals surface area contributed by atoms with Crippen LogP contribution in [-0.4, -0.2) is 19.3 Å². The molecule has 100 valence electrons. The van der Waals surface area contributed by atoms with E-state index < -0.39 is 10.2 Å². The number of hydrogen-bond donors (Lipinski definition) is 1. The third-order valence-corrected chi connectivity index (χ3v) is 4.65. The summed E-state index contributed by atoms with van der Waals surface area (Å²) < 4.78 is 33.4. The minimum Gasteiger partial charge on any atom is -0.468 e. The van der Waals surface area contributed by atoms with Crippen molar-refractivity contribution in [2.45, 2.75) is 12.6 Å². The highest BCUT2D eigenvalue weighted by atomic mass is 32.2. The van der Waals surface area contributed by atoms with Crippen molar-refractivity contribution in [3.05, 3.63) is 60.1 Å². The van der Waals surface area contributed by atoms with Crippen LogP contribution in [0.2, 0.25) is 0 Å². The molecular formula is C13H14N2O3S. The molecule has 1 aliphatic rings. The molecule has 1 saturated heterocycles. The van der Waals surface area contributed by atoms with Gasteiger partial charge < -0.3 is 4.42 Å². The molecule has 0 amide bonds. The molecule has 1 aliphatic heterocycles. The van der Waals surface area contributed by atoms with Crippen LogP contribution in [0.5, 0.6) is 0 Å². The van der Waals surface area contributed by atoms with Gasteiger partial charge in [-0.05, 0) is 17.7 Å². The number of furan rings is 1. The van der Waals surface area contributed by atoms with E-state index in [0.717, 1.165) is 5.56 Å². The van der Waals surface area contributed by atoms with Crippen molar-refractivity contribution in [2.75, 3.05) is 6.54 Å². The predicted octanol–water partition coefficient (Wildman–Crippen LogP) is 1.67. The summed E-state index contributed by atoms with van der Waals surface area (Å²) in [5.41, 5.74) is 0.966. The fraction of sp³-hybridized carbons (Fsp3) is 0.231. The van der Waals surface area contributed by atoms with Gasteiger partial charge in [0.15, 0.2) is 0 Å². The molecule has 6 heteroatoms. The Morgan fingerprint density at radius 3 is 2.68 bits per heavy atom. The fourth-order valence-electron chi connectivity index (χ4n) is 2.17. The van der Waals surface area contributed by atoms with E-state index in [4.69, 9.17) is 4.42 Å². The van der Waals surface area contributed by atoms with Crippen molar-refractivity contribution in [3.63, 3.8) is 0 Å². The van der Waals surface area contributed by atoms with E-state index in [-0.39, 0.29) is 6.04 Å². The summed E-state index contributed by atoms with van der Waals surface area (Å²) in [7, 11) is -3.44. The molecule has 0 spiro atoms. The highest BCUT2D eigenvalue weighted by Crippen LogP contribution is 2.25. The van der Waals surface area contributed by atoms with E-state index in [9.17, 15) is 8.42 Å². The van der Waals surface area contributed by atoms with Gasteiger partial charge in [-0.2, -0.15) is 17.4 Å². The molecule has 1 aromatic carbocycles. The van der Waals surface area contributed by atoms with Crippen LogP contribution in [0.15, 0.2) is 53.1 Å². The van der Waals surface area contributed by atoms with E-state index in [1.54, 1.807) is 18.4 Å². The molecule has 0 aliphatic carbocycles.